The predicted octanol–water partition coefficient (Wildman–Crippen LogP) is 3.39. The number of amides is 1. The van der Waals surface area contributed by atoms with E-state index in [0.29, 0.717) is 11.4 Å². The Morgan fingerprint density at radius 3 is 2.63 bits per heavy atom. The molecule has 140 valence electrons. The minimum absolute atomic E-state index is 0.250. The molecule has 0 aromatic heterocycles. The quantitative estimate of drug-likeness (QED) is 0.551. The molecule has 0 unspecified atom stereocenters. The predicted molar refractivity (Wildman–Crippen MR) is 98.9 cm³/mol. The summed E-state index contributed by atoms with van der Waals surface area (Å²) in [6, 6.07) is 14.2. The number of carbonyl (C=O) groups is 2. The fourth-order valence-corrected chi connectivity index (χ4v) is 2.68. The van der Waals surface area contributed by atoms with Gasteiger partial charge in [0.15, 0.2) is 12.7 Å². The number of anilines is 1. The van der Waals surface area contributed by atoms with Crippen LogP contribution in [-0.2, 0) is 14.3 Å². The number of hydrogen-bond donors (Lipinski definition) is 1. The Morgan fingerprint density at radius 2 is 1.93 bits per heavy atom. The highest BCUT2D eigenvalue weighted by atomic mass is 32.2. The maximum absolute atomic E-state index is 12.9. The summed E-state index contributed by atoms with van der Waals surface area (Å²) in [5.74, 6) is -1.08. The van der Waals surface area contributed by atoms with E-state index in [1.165, 1.54) is 43.0 Å². The molecule has 0 aliphatic heterocycles. The molecule has 8 heteroatoms. The first kappa shape index (κ1) is 20.3. The first-order chi connectivity index (χ1) is 13.0. The van der Waals surface area contributed by atoms with Crippen LogP contribution in [0, 0.1) is 17.1 Å². The molecule has 27 heavy (non-hydrogen) atoms. The van der Waals surface area contributed by atoms with Crippen LogP contribution in [0.1, 0.15) is 6.92 Å². The first-order valence-electron chi connectivity index (χ1n) is 7.97. The number of para-hydroxylation sites is 1. The van der Waals surface area contributed by atoms with Crippen molar-refractivity contribution in [2.75, 3.05) is 17.7 Å². The van der Waals surface area contributed by atoms with Crippen molar-refractivity contribution in [3.8, 4) is 11.8 Å². The molecule has 0 spiro atoms. The van der Waals surface area contributed by atoms with Crippen molar-refractivity contribution in [2.24, 2.45) is 0 Å². The number of esters is 1. The summed E-state index contributed by atoms with van der Waals surface area (Å²) in [5, 5.41) is 11.3. The Balaban J connectivity index is 1.83. The van der Waals surface area contributed by atoms with Crippen LogP contribution in [0.2, 0.25) is 0 Å². The van der Waals surface area contributed by atoms with Crippen LogP contribution in [0.5, 0.6) is 5.75 Å². The van der Waals surface area contributed by atoms with Crippen LogP contribution in [0.25, 0.3) is 0 Å². The van der Waals surface area contributed by atoms with E-state index in [2.05, 4.69) is 5.32 Å². The maximum Gasteiger partial charge on any atom is 0.347 e. The van der Waals surface area contributed by atoms with Gasteiger partial charge in [0.2, 0.25) is 0 Å². The summed E-state index contributed by atoms with van der Waals surface area (Å²) in [6.07, 6.45) is -0.957. The van der Waals surface area contributed by atoms with Gasteiger partial charge in [-0.05, 0) is 43.3 Å². The number of halogens is 1. The summed E-state index contributed by atoms with van der Waals surface area (Å²) < 4.78 is 23.1. The van der Waals surface area contributed by atoms with Gasteiger partial charge < -0.3 is 14.8 Å². The van der Waals surface area contributed by atoms with Crippen molar-refractivity contribution >= 4 is 29.3 Å². The van der Waals surface area contributed by atoms with E-state index in [0.717, 1.165) is 4.90 Å². The van der Waals surface area contributed by atoms with Crippen LogP contribution in [0.15, 0.2) is 53.4 Å². The molecular weight excluding hydrogens is 371 g/mol. The van der Waals surface area contributed by atoms with Gasteiger partial charge in [-0.2, -0.15) is 5.26 Å². The topological polar surface area (TPSA) is 88.4 Å². The number of rotatable bonds is 8. The van der Waals surface area contributed by atoms with E-state index in [4.69, 9.17) is 14.7 Å². The van der Waals surface area contributed by atoms with Crippen molar-refractivity contribution in [1.82, 2.24) is 0 Å². The average molecular weight is 388 g/mol. The van der Waals surface area contributed by atoms with Crippen LogP contribution in [0.3, 0.4) is 0 Å². The van der Waals surface area contributed by atoms with E-state index in [1.54, 1.807) is 24.3 Å². The lowest BCUT2D eigenvalue weighted by molar-refractivity contribution is -0.153. The standard InChI is InChI=1S/C19H17FN2O4S/c1-13(26-15-8-6-14(20)7-9-15)19(24)25-12-18(23)22-16-4-2-3-5-17(16)27-11-10-21/h2-9,13H,11-12H2,1H3,(H,22,23)/t13-/m0/s1. The third-order valence-electron chi connectivity index (χ3n) is 3.26. The number of ether oxygens (including phenoxy) is 2. The molecule has 6 nitrogen and oxygen atoms in total. The third-order valence-corrected chi connectivity index (χ3v) is 4.20. The zero-order chi connectivity index (χ0) is 19.6. The molecule has 1 N–H and O–H groups in total. The molecule has 0 aliphatic carbocycles. The van der Waals surface area contributed by atoms with Crippen LogP contribution in [-0.4, -0.2) is 30.3 Å². The molecule has 0 fully saturated rings. The second-order valence-corrected chi connectivity index (χ2v) is 6.33. The van der Waals surface area contributed by atoms with Gasteiger partial charge in [-0.15, -0.1) is 11.8 Å². The molecule has 1 amide bonds. The largest absolute Gasteiger partial charge is 0.479 e. The van der Waals surface area contributed by atoms with Crippen LogP contribution >= 0.6 is 11.8 Å². The fraction of sp³-hybridized carbons (Fsp3) is 0.211. The fourth-order valence-electron chi connectivity index (χ4n) is 2.01. The molecule has 0 aliphatic rings. The van der Waals surface area contributed by atoms with E-state index in [1.807, 2.05) is 6.07 Å². The molecule has 0 heterocycles. The average Bonchev–Trinajstić information content (AvgIpc) is 2.67. The van der Waals surface area contributed by atoms with Crippen molar-refractivity contribution in [2.45, 2.75) is 17.9 Å². The lowest BCUT2D eigenvalue weighted by atomic mass is 10.3. The van der Waals surface area contributed by atoms with Gasteiger partial charge in [-0.3, -0.25) is 4.79 Å². The number of carbonyl (C=O) groups excluding carboxylic acids is 2. The highest BCUT2D eigenvalue weighted by molar-refractivity contribution is 7.99. The summed E-state index contributed by atoms with van der Waals surface area (Å²) in [5.41, 5.74) is 0.536. The molecule has 0 radical (unpaired) electrons. The second kappa shape index (κ2) is 10.2. The molecule has 0 saturated carbocycles. The second-order valence-electron chi connectivity index (χ2n) is 5.31. The van der Waals surface area contributed by atoms with E-state index in [9.17, 15) is 14.0 Å². The van der Waals surface area contributed by atoms with Gasteiger partial charge in [-0.25, -0.2) is 9.18 Å². The Morgan fingerprint density at radius 1 is 1.22 bits per heavy atom. The zero-order valence-corrected chi connectivity index (χ0v) is 15.3. The molecule has 2 aromatic carbocycles. The number of nitrogens with one attached hydrogen (secondary N) is 1. The van der Waals surface area contributed by atoms with Crippen molar-refractivity contribution < 1.29 is 23.5 Å². The number of thioether (sulfide) groups is 1. The lowest BCUT2D eigenvalue weighted by Crippen LogP contribution is -2.29. The molecule has 2 rings (SSSR count). The number of nitrogens with zero attached hydrogens (tertiary/aromatic N) is 1. The Hall–Kier alpha value is -3.05. The van der Waals surface area contributed by atoms with Gasteiger partial charge in [0.25, 0.3) is 5.91 Å². The minimum Gasteiger partial charge on any atom is -0.479 e. The molecule has 2 aromatic rings. The molecule has 0 saturated heterocycles. The molecule has 0 bridgehead atoms. The normalized spacial score (nSPS) is 11.1. The molecular formula is C19H17FN2O4S. The summed E-state index contributed by atoms with van der Waals surface area (Å²) >= 11 is 1.29. The first-order valence-corrected chi connectivity index (χ1v) is 8.95. The maximum atomic E-state index is 12.9. The zero-order valence-electron chi connectivity index (χ0n) is 14.5. The van der Waals surface area contributed by atoms with E-state index in [-0.39, 0.29) is 5.75 Å². The Kier molecular flexibility index (Phi) is 7.64. The number of hydrogen-bond acceptors (Lipinski definition) is 6. The summed E-state index contributed by atoms with van der Waals surface area (Å²) in [7, 11) is 0. The highest BCUT2D eigenvalue weighted by Crippen LogP contribution is 2.26. The minimum atomic E-state index is -0.957. The van der Waals surface area contributed by atoms with Gasteiger partial charge in [-0.1, -0.05) is 12.1 Å². The number of nitriles is 1. The highest BCUT2D eigenvalue weighted by Gasteiger charge is 2.18. The van der Waals surface area contributed by atoms with Crippen LogP contribution in [0.4, 0.5) is 10.1 Å². The Labute approximate surface area is 160 Å². The molecule has 1 atom stereocenters. The van der Waals surface area contributed by atoms with Crippen LogP contribution < -0.4 is 10.1 Å². The summed E-state index contributed by atoms with van der Waals surface area (Å²) in [4.78, 5) is 24.7. The van der Waals surface area contributed by atoms with Gasteiger partial charge in [0.05, 0.1) is 17.5 Å². The van der Waals surface area contributed by atoms with Crippen molar-refractivity contribution in [1.29, 1.82) is 5.26 Å². The smallest absolute Gasteiger partial charge is 0.347 e. The van der Waals surface area contributed by atoms with Gasteiger partial charge in [0.1, 0.15) is 11.6 Å². The van der Waals surface area contributed by atoms with Crippen molar-refractivity contribution in [3.05, 3.63) is 54.3 Å². The van der Waals surface area contributed by atoms with Gasteiger partial charge >= 0.3 is 5.97 Å². The monoisotopic (exact) mass is 388 g/mol. The lowest BCUT2D eigenvalue weighted by Gasteiger charge is -2.14. The number of benzene rings is 2. The van der Waals surface area contributed by atoms with Gasteiger partial charge in [0, 0.05) is 4.90 Å². The SMILES string of the molecule is C[C@H](Oc1ccc(F)cc1)C(=O)OCC(=O)Nc1ccccc1SCC#N. The van der Waals surface area contributed by atoms with Crippen molar-refractivity contribution in [3.63, 3.8) is 0 Å². The summed E-state index contributed by atoms with van der Waals surface area (Å²) in [6.45, 7) is 0.991. The Bertz CT molecular complexity index is 836. The van der Waals surface area contributed by atoms with E-state index < -0.39 is 30.4 Å². The van der Waals surface area contributed by atoms with E-state index >= 15 is 0 Å². The third kappa shape index (κ3) is 6.64.